The molecule has 2 aromatic rings. The second-order valence-corrected chi connectivity index (χ2v) is 5.85. The molecular formula is C20H20O6. The van der Waals surface area contributed by atoms with Crippen LogP contribution >= 0.6 is 0 Å². The summed E-state index contributed by atoms with van der Waals surface area (Å²) in [6, 6.07) is 13.0. The molecule has 1 aliphatic heterocycles. The average Bonchev–Trinajstić information content (AvgIpc) is 3.20. The molecule has 1 unspecified atom stereocenters. The maximum absolute atomic E-state index is 12.3. The van der Waals surface area contributed by atoms with Gasteiger partial charge in [-0.3, -0.25) is 0 Å². The highest BCUT2D eigenvalue weighted by molar-refractivity contribution is 5.94. The Balaban J connectivity index is 1.58. The molecule has 0 aromatic heterocycles. The summed E-state index contributed by atoms with van der Waals surface area (Å²) < 4.78 is 21.1. The van der Waals surface area contributed by atoms with Crippen LogP contribution in [0.1, 0.15) is 33.6 Å². The second kappa shape index (κ2) is 8.49. The summed E-state index contributed by atoms with van der Waals surface area (Å²) in [5.41, 5.74) is 0.718. The van der Waals surface area contributed by atoms with Crippen LogP contribution < -0.4 is 9.47 Å². The summed E-state index contributed by atoms with van der Waals surface area (Å²) in [4.78, 5) is 24.3. The Kier molecular flexibility index (Phi) is 5.86. The molecule has 1 heterocycles. The smallest absolute Gasteiger partial charge is 0.347 e. The van der Waals surface area contributed by atoms with E-state index in [1.807, 2.05) is 0 Å². The van der Waals surface area contributed by atoms with E-state index >= 15 is 0 Å². The first kappa shape index (κ1) is 17.9. The Morgan fingerprint density at radius 3 is 2.54 bits per heavy atom. The minimum atomic E-state index is -0.531. The number of carbonyl (C=O) groups is 2. The zero-order chi connectivity index (χ0) is 18.4. The molecule has 0 saturated carbocycles. The number of para-hydroxylation sites is 1. The van der Waals surface area contributed by atoms with E-state index in [1.165, 1.54) is 7.11 Å². The zero-order valence-electron chi connectivity index (χ0n) is 14.5. The predicted molar refractivity (Wildman–Crippen MR) is 93.7 cm³/mol. The van der Waals surface area contributed by atoms with Crippen molar-refractivity contribution in [3.8, 4) is 11.5 Å². The van der Waals surface area contributed by atoms with Gasteiger partial charge in [0.25, 0.3) is 0 Å². The van der Waals surface area contributed by atoms with Crippen LogP contribution in [-0.4, -0.2) is 38.4 Å². The fraction of sp³-hybridized carbons (Fsp3) is 0.300. The second-order valence-electron chi connectivity index (χ2n) is 5.85. The van der Waals surface area contributed by atoms with Crippen LogP contribution in [0.4, 0.5) is 0 Å². The molecule has 2 aromatic carbocycles. The summed E-state index contributed by atoms with van der Waals surface area (Å²) in [6.07, 6.45) is 1.89. The van der Waals surface area contributed by atoms with Gasteiger partial charge >= 0.3 is 11.9 Å². The minimum Gasteiger partial charge on any atom is -0.496 e. The predicted octanol–water partition coefficient (Wildman–Crippen LogP) is 3.25. The molecule has 3 rings (SSSR count). The van der Waals surface area contributed by atoms with Gasteiger partial charge in [-0.2, -0.15) is 0 Å². The van der Waals surface area contributed by atoms with E-state index in [2.05, 4.69) is 0 Å². The van der Waals surface area contributed by atoms with Crippen molar-refractivity contribution in [2.45, 2.75) is 18.9 Å². The number of benzene rings is 2. The highest BCUT2D eigenvalue weighted by Crippen LogP contribution is 2.21. The van der Waals surface area contributed by atoms with Crippen LogP contribution in [0.2, 0.25) is 0 Å². The van der Waals surface area contributed by atoms with Gasteiger partial charge in [-0.1, -0.05) is 12.1 Å². The van der Waals surface area contributed by atoms with E-state index in [0.717, 1.165) is 12.8 Å². The van der Waals surface area contributed by atoms with Crippen LogP contribution in [-0.2, 0) is 9.47 Å². The van der Waals surface area contributed by atoms with Crippen molar-refractivity contribution in [1.82, 2.24) is 0 Å². The van der Waals surface area contributed by atoms with Crippen molar-refractivity contribution in [2.75, 3.05) is 20.3 Å². The third-order valence-corrected chi connectivity index (χ3v) is 4.05. The lowest BCUT2D eigenvalue weighted by Crippen LogP contribution is -2.17. The Labute approximate surface area is 151 Å². The van der Waals surface area contributed by atoms with Gasteiger partial charge in [0.05, 0.1) is 18.8 Å². The van der Waals surface area contributed by atoms with Gasteiger partial charge < -0.3 is 18.9 Å². The molecule has 6 heteroatoms. The highest BCUT2D eigenvalue weighted by Gasteiger charge is 2.18. The van der Waals surface area contributed by atoms with E-state index in [-0.39, 0.29) is 12.7 Å². The molecule has 1 atom stereocenters. The van der Waals surface area contributed by atoms with Crippen LogP contribution in [0, 0.1) is 0 Å². The monoisotopic (exact) mass is 356 g/mol. The van der Waals surface area contributed by atoms with Crippen molar-refractivity contribution >= 4 is 11.9 Å². The third kappa shape index (κ3) is 4.40. The van der Waals surface area contributed by atoms with Crippen LogP contribution in [0.5, 0.6) is 11.5 Å². The molecule has 0 spiro atoms. The van der Waals surface area contributed by atoms with Crippen molar-refractivity contribution in [3.63, 3.8) is 0 Å². The first-order valence-electron chi connectivity index (χ1n) is 8.41. The van der Waals surface area contributed by atoms with E-state index in [4.69, 9.17) is 18.9 Å². The molecule has 0 radical (unpaired) electrons. The van der Waals surface area contributed by atoms with Crippen LogP contribution in [0.25, 0.3) is 0 Å². The van der Waals surface area contributed by atoms with Gasteiger partial charge in [0.15, 0.2) is 0 Å². The van der Waals surface area contributed by atoms with Crippen LogP contribution in [0.15, 0.2) is 48.5 Å². The number of hydrogen-bond donors (Lipinski definition) is 0. The van der Waals surface area contributed by atoms with Gasteiger partial charge in [0, 0.05) is 6.61 Å². The van der Waals surface area contributed by atoms with E-state index < -0.39 is 11.9 Å². The van der Waals surface area contributed by atoms with Gasteiger partial charge in [0.1, 0.15) is 23.7 Å². The SMILES string of the molecule is COc1ccccc1C(=O)Oc1ccc(C(=O)OCC2CCCO2)cc1. The molecular weight excluding hydrogens is 336 g/mol. The quantitative estimate of drug-likeness (QED) is 0.584. The molecule has 0 amide bonds. The van der Waals surface area contributed by atoms with E-state index in [9.17, 15) is 9.59 Å². The van der Waals surface area contributed by atoms with Gasteiger partial charge in [0.2, 0.25) is 0 Å². The van der Waals surface area contributed by atoms with Gasteiger partial charge in [-0.25, -0.2) is 9.59 Å². The van der Waals surface area contributed by atoms with Gasteiger partial charge in [-0.05, 0) is 49.2 Å². The summed E-state index contributed by atoms with van der Waals surface area (Å²) in [7, 11) is 1.49. The molecule has 1 fully saturated rings. The summed E-state index contributed by atoms with van der Waals surface area (Å²) in [6.45, 7) is 0.970. The van der Waals surface area contributed by atoms with Crippen molar-refractivity contribution in [2.24, 2.45) is 0 Å². The van der Waals surface area contributed by atoms with E-state index in [1.54, 1.807) is 48.5 Å². The maximum Gasteiger partial charge on any atom is 0.347 e. The average molecular weight is 356 g/mol. The molecule has 1 saturated heterocycles. The molecule has 26 heavy (non-hydrogen) atoms. The number of methoxy groups -OCH3 is 1. The molecule has 0 bridgehead atoms. The first-order chi connectivity index (χ1) is 12.7. The number of hydrogen-bond acceptors (Lipinski definition) is 6. The Morgan fingerprint density at radius 1 is 1.08 bits per heavy atom. The molecule has 136 valence electrons. The first-order valence-corrected chi connectivity index (χ1v) is 8.41. The standard InChI is InChI=1S/C20H20O6/c1-23-18-7-3-2-6-17(18)20(22)26-15-10-8-14(9-11-15)19(21)25-13-16-5-4-12-24-16/h2-3,6-11,16H,4-5,12-13H2,1H3. The molecule has 1 aliphatic rings. The van der Waals surface area contributed by atoms with Crippen LogP contribution in [0.3, 0.4) is 0 Å². The topological polar surface area (TPSA) is 71.1 Å². The number of esters is 2. The third-order valence-electron chi connectivity index (χ3n) is 4.05. The van der Waals surface area contributed by atoms with Crippen molar-refractivity contribution < 1.29 is 28.5 Å². The molecule has 0 N–H and O–H groups in total. The lowest BCUT2D eigenvalue weighted by molar-refractivity contribution is 0.0161. The fourth-order valence-corrected chi connectivity index (χ4v) is 2.66. The Morgan fingerprint density at radius 2 is 1.85 bits per heavy atom. The largest absolute Gasteiger partial charge is 0.496 e. The zero-order valence-corrected chi connectivity index (χ0v) is 14.5. The van der Waals surface area contributed by atoms with Crippen molar-refractivity contribution in [3.05, 3.63) is 59.7 Å². The number of rotatable bonds is 6. The minimum absolute atomic E-state index is 0.0139. The lowest BCUT2D eigenvalue weighted by Gasteiger charge is -2.11. The number of ether oxygens (including phenoxy) is 4. The summed E-state index contributed by atoms with van der Waals surface area (Å²) >= 11 is 0. The number of carbonyl (C=O) groups excluding carboxylic acids is 2. The summed E-state index contributed by atoms with van der Waals surface area (Å²) in [5.74, 6) is -0.192. The Bertz CT molecular complexity index is 762. The van der Waals surface area contributed by atoms with Crippen molar-refractivity contribution in [1.29, 1.82) is 0 Å². The molecule has 0 aliphatic carbocycles. The lowest BCUT2D eigenvalue weighted by atomic mass is 10.2. The normalized spacial score (nSPS) is 16.1. The highest BCUT2D eigenvalue weighted by atomic mass is 16.6. The summed E-state index contributed by atoms with van der Waals surface area (Å²) in [5, 5.41) is 0. The fourth-order valence-electron chi connectivity index (χ4n) is 2.66. The molecule has 6 nitrogen and oxygen atoms in total. The van der Waals surface area contributed by atoms with E-state index in [0.29, 0.717) is 29.2 Å². The van der Waals surface area contributed by atoms with Gasteiger partial charge in [-0.15, -0.1) is 0 Å². The Hall–Kier alpha value is -2.86. The maximum atomic E-state index is 12.3.